The van der Waals surface area contributed by atoms with Crippen molar-refractivity contribution >= 4 is 18.7 Å². The van der Waals surface area contributed by atoms with Crippen molar-refractivity contribution in [3.63, 3.8) is 0 Å². The summed E-state index contributed by atoms with van der Waals surface area (Å²) in [5.41, 5.74) is 0. The molecule has 0 unspecified atom stereocenters. The largest absolute Gasteiger partial charge is 0.692 e. The van der Waals surface area contributed by atoms with Crippen molar-refractivity contribution in [3.8, 4) is 0 Å². The average molecular weight is 265 g/mol. The highest BCUT2D eigenvalue weighted by Crippen LogP contribution is 1.98. The van der Waals surface area contributed by atoms with Crippen LogP contribution in [-0.2, 0) is 15.0 Å². The summed E-state index contributed by atoms with van der Waals surface area (Å²) in [7, 11) is -7.54. The third-order valence-electron chi connectivity index (χ3n) is 0.957. The molecule has 1 aliphatic rings. The second-order valence-corrected chi connectivity index (χ2v) is 3.60. The summed E-state index contributed by atoms with van der Waals surface area (Å²) < 4.78 is 40.3. The van der Waals surface area contributed by atoms with Crippen LogP contribution in [0.15, 0.2) is 0 Å². The molecular formula is C4H14N2O7PS+. The molecule has 0 aliphatic carbocycles. The number of hydrogen-bond acceptors (Lipinski definition) is 5. The predicted molar refractivity (Wildman–Crippen MR) is 52.0 cm³/mol. The lowest BCUT2D eigenvalue weighted by atomic mass is 10.4. The molecule has 0 spiro atoms. The number of piperazine rings is 1. The topological polar surface area (TPSA) is 156 Å². The highest BCUT2D eigenvalue weighted by atomic mass is 32.3. The normalized spacial score (nSPS) is 15.2. The zero-order valence-corrected chi connectivity index (χ0v) is 9.41. The van der Waals surface area contributed by atoms with E-state index in [0.29, 0.717) is 0 Å². The third-order valence-corrected chi connectivity index (χ3v) is 0.957. The van der Waals surface area contributed by atoms with Crippen LogP contribution in [0.4, 0.5) is 0 Å². The Morgan fingerprint density at radius 2 is 1.07 bits per heavy atom. The van der Waals surface area contributed by atoms with Gasteiger partial charge in [0.25, 0.3) is 0 Å². The van der Waals surface area contributed by atoms with Crippen LogP contribution in [0.25, 0.3) is 0 Å². The smallest absolute Gasteiger partial charge is 0.314 e. The van der Waals surface area contributed by atoms with Crippen LogP contribution in [0, 0.1) is 0 Å². The zero-order chi connectivity index (χ0) is 12.3. The number of rotatable bonds is 0. The van der Waals surface area contributed by atoms with Crippen molar-refractivity contribution in [2.75, 3.05) is 26.2 Å². The van der Waals surface area contributed by atoms with Gasteiger partial charge in [-0.25, -0.2) is 0 Å². The molecule has 6 N–H and O–H groups in total. The minimum Gasteiger partial charge on any atom is -0.314 e. The van der Waals surface area contributed by atoms with Gasteiger partial charge in [0.1, 0.15) is 0 Å². The fourth-order valence-electron chi connectivity index (χ4n) is 0.604. The van der Waals surface area contributed by atoms with Gasteiger partial charge < -0.3 is 10.6 Å². The number of nitrogens with one attached hydrogen (secondary N) is 2. The second-order valence-electron chi connectivity index (χ2n) is 2.20. The minimum absolute atomic E-state index is 1.14. The highest BCUT2D eigenvalue weighted by molar-refractivity contribution is 7.79. The van der Waals surface area contributed by atoms with Crippen LogP contribution < -0.4 is 10.6 Å². The van der Waals surface area contributed by atoms with E-state index in [4.69, 9.17) is 31.9 Å². The summed E-state index contributed by atoms with van der Waals surface area (Å²) in [4.78, 5) is 14.2. The molecule has 9 nitrogen and oxygen atoms in total. The van der Waals surface area contributed by atoms with Crippen LogP contribution in [0.3, 0.4) is 0 Å². The average Bonchev–Trinajstić information content (AvgIpc) is 2.03. The van der Waals surface area contributed by atoms with Crippen LogP contribution in [0.5, 0.6) is 0 Å². The fraction of sp³-hybridized carbons (Fsp3) is 1.00. The highest BCUT2D eigenvalue weighted by Gasteiger charge is 1.93. The molecule has 0 saturated carbocycles. The van der Waals surface area contributed by atoms with Gasteiger partial charge in [0.2, 0.25) is 0 Å². The Morgan fingerprint density at radius 1 is 0.933 bits per heavy atom. The molecule has 0 bridgehead atoms. The maximum atomic E-state index is 8.74. The summed E-state index contributed by atoms with van der Waals surface area (Å²) in [6.07, 6.45) is 0. The lowest BCUT2D eigenvalue weighted by molar-refractivity contribution is 0.380. The molecule has 15 heavy (non-hydrogen) atoms. The van der Waals surface area contributed by atoms with Gasteiger partial charge in [-0.05, 0) is 0 Å². The molecule has 1 heterocycles. The first kappa shape index (κ1) is 17.2. The van der Waals surface area contributed by atoms with Crippen LogP contribution in [0.1, 0.15) is 0 Å². The molecule has 0 aromatic heterocycles. The van der Waals surface area contributed by atoms with Crippen molar-refractivity contribution in [1.82, 2.24) is 10.6 Å². The third kappa shape index (κ3) is 57.1. The molecule has 11 heteroatoms. The molecule has 0 atom stereocenters. The van der Waals surface area contributed by atoms with Crippen LogP contribution in [-0.4, -0.2) is 53.5 Å². The molecule has 0 amide bonds. The van der Waals surface area contributed by atoms with Gasteiger partial charge in [0, 0.05) is 30.7 Å². The van der Waals surface area contributed by atoms with Crippen LogP contribution >= 0.6 is 8.25 Å². The van der Waals surface area contributed by atoms with Gasteiger partial charge in [-0.3, -0.25) is 9.11 Å². The van der Waals surface area contributed by atoms with Crippen molar-refractivity contribution in [1.29, 1.82) is 0 Å². The Bertz CT molecular complexity index is 228. The van der Waals surface area contributed by atoms with Gasteiger partial charge in [0.05, 0.1) is 0 Å². The van der Waals surface area contributed by atoms with E-state index in [9.17, 15) is 0 Å². The van der Waals surface area contributed by atoms with Gasteiger partial charge in [-0.15, -0.1) is 9.79 Å². The number of hydrogen-bond donors (Lipinski definition) is 6. The lowest BCUT2D eigenvalue weighted by Gasteiger charge is -2.11. The van der Waals surface area contributed by atoms with E-state index in [-0.39, 0.29) is 0 Å². The van der Waals surface area contributed by atoms with Crippen LogP contribution in [0.2, 0.25) is 0 Å². The van der Waals surface area contributed by atoms with Crippen molar-refractivity contribution in [2.45, 2.75) is 0 Å². The molecular weight excluding hydrogens is 251 g/mol. The summed E-state index contributed by atoms with van der Waals surface area (Å²) in [6, 6.07) is 0. The van der Waals surface area contributed by atoms with Gasteiger partial charge in [-0.2, -0.15) is 8.42 Å². The Balaban J connectivity index is 0. The first-order valence-corrected chi connectivity index (χ1v) is 6.26. The Hall–Kier alpha value is -0.190. The monoisotopic (exact) mass is 265 g/mol. The molecule has 92 valence electrons. The minimum atomic E-state index is -4.67. The van der Waals surface area contributed by atoms with E-state index in [1.807, 2.05) is 0 Å². The summed E-state index contributed by atoms with van der Waals surface area (Å²) in [6.45, 7) is 4.56. The maximum Gasteiger partial charge on any atom is 0.692 e. The molecule has 1 aliphatic heterocycles. The first-order chi connectivity index (χ1) is 6.73. The fourth-order valence-corrected chi connectivity index (χ4v) is 0.604. The van der Waals surface area contributed by atoms with E-state index in [2.05, 4.69) is 10.6 Å². The standard InChI is InChI=1S/C4H10N2.H2O4S.HO3P/c1-2-6-4-3-5-1;1-5(2,3)4;1-4(2)3/h5-6H,1-4H2;(H2,1,2,3,4);(H-,1,2,3)/p+1. The van der Waals surface area contributed by atoms with Crippen molar-refractivity contribution in [2.24, 2.45) is 0 Å². The summed E-state index contributed by atoms with van der Waals surface area (Å²) in [5.74, 6) is 0. The van der Waals surface area contributed by atoms with Crippen molar-refractivity contribution < 1.29 is 31.9 Å². The van der Waals surface area contributed by atoms with Gasteiger partial charge in [0.15, 0.2) is 0 Å². The summed E-state index contributed by atoms with van der Waals surface area (Å²) in [5, 5.41) is 6.44. The predicted octanol–water partition coefficient (Wildman–Crippen LogP) is -1.85. The quantitative estimate of drug-likeness (QED) is 0.218. The molecule has 1 rings (SSSR count). The first-order valence-electron chi connectivity index (χ1n) is 3.70. The molecule has 1 fully saturated rings. The van der Waals surface area contributed by atoms with Crippen molar-refractivity contribution in [3.05, 3.63) is 0 Å². The van der Waals surface area contributed by atoms with E-state index >= 15 is 0 Å². The molecule has 1 saturated heterocycles. The van der Waals surface area contributed by atoms with E-state index in [1.54, 1.807) is 0 Å². The van der Waals surface area contributed by atoms with Gasteiger partial charge in [-0.1, -0.05) is 0 Å². The Morgan fingerprint density at radius 3 is 1.13 bits per heavy atom. The van der Waals surface area contributed by atoms with E-state index in [0.717, 1.165) is 26.2 Å². The van der Waals surface area contributed by atoms with E-state index < -0.39 is 18.7 Å². The zero-order valence-electron chi connectivity index (χ0n) is 7.70. The maximum absolute atomic E-state index is 8.74. The Kier molecular flexibility index (Phi) is 11.9. The van der Waals surface area contributed by atoms with Gasteiger partial charge >= 0.3 is 18.7 Å². The SMILES string of the molecule is C1CNCCN1.O=S(=O)(O)O.O=[P+](O)O. The second kappa shape index (κ2) is 10.3. The molecule has 0 aromatic carbocycles. The Labute approximate surface area is 88.0 Å². The molecule has 0 aromatic rings. The molecule has 0 radical (unpaired) electrons. The van der Waals surface area contributed by atoms with E-state index in [1.165, 1.54) is 0 Å². The lowest BCUT2D eigenvalue weighted by Crippen LogP contribution is -2.39. The summed E-state index contributed by atoms with van der Waals surface area (Å²) >= 11 is 0.